The quantitative estimate of drug-likeness (QED) is 0.850. The second-order valence-electron chi connectivity index (χ2n) is 4.70. The molecule has 0 saturated heterocycles. The van der Waals surface area contributed by atoms with E-state index in [0.29, 0.717) is 6.04 Å². The van der Waals surface area contributed by atoms with Crippen molar-refractivity contribution in [3.63, 3.8) is 0 Å². The minimum Gasteiger partial charge on any atom is -0.495 e. The second kappa shape index (κ2) is 4.80. The third-order valence-electron chi connectivity index (χ3n) is 2.95. The minimum absolute atomic E-state index is 0.490. The summed E-state index contributed by atoms with van der Waals surface area (Å²) >= 11 is 0. The van der Waals surface area contributed by atoms with Crippen LogP contribution < -0.4 is 10.1 Å². The number of ether oxygens (including phenoxy) is 1. The van der Waals surface area contributed by atoms with Gasteiger partial charge in [0.1, 0.15) is 5.75 Å². The smallest absolute Gasteiger partial charge is 0.142 e. The normalized spacial score (nSPS) is 11.4. The Morgan fingerprint density at radius 2 is 2.12 bits per heavy atom. The topological polar surface area (TPSA) is 37.0 Å². The third-order valence-corrected chi connectivity index (χ3v) is 2.95. The highest BCUT2D eigenvalue weighted by Gasteiger charge is 2.08. The molecule has 3 heteroatoms. The number of rotatable bonds is 4. The van der Waals surface area contributed by atoms with Crippen LogP contribution in [0.5, 0.6) is 5.75 Å². The maximum atomic E-state index is 5.37. The van der Waals surface area contributed by atoms with Crippen LogP contribution in [0.2, 0.25) is 0 Å². The fourth-order valence-electron chi connectivity index (χ4n) is 1.97. The van der Waals surface area contributed by atoms with Gasteiger partial charge in [-0.15, -0.1) is 0 Å². The predicted octanol–water partition coefficient (Wildman–Crippen LogP) is 2.98. The number of aryl methyl sites for hydroxylation is 1. The molecule has 0 aliphatic heterocycles. The number of fused-ring (bicyclic) bond motifs is 1. The molecule has 0 aliphatic rings. The first-order valence-electron chi connectivity index (χ1n) is 6.00. The van der Waals surface area contributed by atoms with Crippen molar-refractivity contribution in [3.8, 4) is 5.75 Å². The lowest BCUT2D eigenvalue weighted by Gasteiger charge is -2.05. The first-order chi connectivity index (χ1) is 8.11. The highest BCUT2D eigenvalue weighted by atomic mass is 16.5. The molecule has 1 aromatic heterocycles. The Morgan fingerprint density at radius 1 is 1.35 bits per heavy atom. The molecule has 0 unspecified atom stereocenters. The molecule has 0 saturated carbocycles. The molecule has 92 valence electrons. The summed E-state index contributed by atoms with van der Waals surface area (Å²) in [5, 5.41) is 4.65. The van der Waals surface area contributed by atoms with Crippen molar-refractivity contribution < 1.29 is 4.74 Å². The van der Waals surface area contributed by atoms with Gasteiger partial charge in [-0.1, -0.05) is 19.9 Å². The molecule has 1 heterocycles. The summed E-state index contributed by atoms with van der Waals surface area (Å²) in [6.45, 7) is 7.27. The van der Waals surface area contributed by atoms with Crippen molar-refractivity contribution in [2.75, 3.05) is 7.11 Å². The Bertz CT molecular complexity index is 514. The first kappa shape index (κ1) is 12.0. The molecule has 0 amide bonds. The van der Waals surface area contributed by atoms with Crippen molar-refractivity contribution >= 4 is 10.9 Å². The van der Waals surface area contributed by atoms with Gasteiger partial charge >= 0.3 is 0 Å². The summed E-state index contributed by atoms with van der Waals surface area (Å²) in [7, 11) is 1.71. The van der Waals surface area contributed by atoms with Gasteiger partial charge in [-0.2, -0.15) is 0 Å². The van der Waals surface area contributed by atoms with Crippen LogP contribution in [0.15, 0.2) is 18.2 Å². The highest BCUT2D eigenvalue weighted by molar-refractivity contribution is 5.89. The average molecular weight is 232 g/mol. The van der Waals surface area contributed by atoms with Crippen LogP contribution >= 0.6 is 0 Å². The van der Waals surface area contributed by atoms with E-state index in [-0.39, 0.29) is 0 Å². The molecule has 0 spiro atoms. The molecule has 0 radical (unpaired) electrons. The van der Waals surface area contributed by atoms with Gasteiger partial charge < -0.3 is 15.0 Å². The molecule has 1 aromatic carbocycles. The molecule has 3 nitrogen and oxygen atoms in total. The predicted molar refractivity (Wildman–Crippen MR) is 71.6 cm³/mol. The van der Waals surface area contributed by atoms with Crippen molar-refractivity contribution in [1.82, 2.24) is 10.3 Å². The molecule has 0 atom stereocenters. The van der Waals surface area contributed by atoms with Gasteiger partial charge in [-0.3, -0.25) is 0 Å². The summed E-state index contributed by atoms with van der Waals surface area (Å²) < 4.78 is 5.37. The molecule has 0 bridgehead atoms. The molecule has 17 heavy (non-hydrogen) atoms. The summed E-state index contributed by atoms with van der Waals surface area (Å²) in [5.41, 5.74) is 3.56. The zero-order chi connectivity index (χ0) is 12.4. The lowest BCUT2D eigenvalue weighted by molar-refractivity contribution is 0.419. The van der Waals surface area contributed by atoms with E-state index < -0.39 is 0 Å². The van der Waals surface area contributed by atoms with Crippen LogP contribution in [-0.2, 0) is 6.54 Å². The van der Waals surface area contributed by atoms with Crippen molar-refractivity contribution in [2.24, 2.45) is 0 Å². The average Bonchev–Trinajstić information content (AvgIpc) is 2.72. The Labute approximate surface area is 102 Å². The van der Waals surface area contributed by atoms with Crippen molar-refractivity contribution in [1.29, 1.82) is 0 Å². The van der Waals surface area contributed by atoms with Crippen LogP contribution in [0.3, 0.4) is 0 Å². The van der Waals surface area contributed by atoms with Crippen molar-refractivity contribution in [3.05, 3.63) is 29.5 Å². The number of benzene rings is 1. The van der Waals surface area contributed by atoms with E-state index in [9.17, 15) is 0 Å². The molecule has 2 N–H and O–H groups in total. The van der Waals surface area contributed by atoms with Crippen LogP contribution in [0.25, 0.3) is 10.9 Å². The Kier molecular flexibility index (Phi) is 3.38. The second-order valence-corrected chi connectivity index (χ2v) is 4.70. The van der Waals surface area contributed by atoms with Crippen LogP contribution in [0.4, 0.5) is 0 Å². The van der Waals surface area contributed by atoms with Gasteiger partial charge in [-0.05, 0) is 24.6 Å². The van der Waals surface area contributed by atoms with Gasteiger partial charge in [0.25, 0.3) is 0 Å². The van der Waals surface area contributed by atoms with E-state index in [1.54, 1.807) is 7.11 Å². The molecular weight excluding hydrogens is 212 g/mol. The lowest BCUT2D eigenvalue weighted by Crippen LogP contribution is -2.21. The van der Waals surface area contributed by atoms with Crippen LogP contribution in [-0.4, -0.2) is 18.1 Å². The molecule has 2 rings (SSSR count). The largest absolute Gasteiger partial charge is 0.495 e. The lowest BCUT2D eigenvalue weighted by atomic mass is 10.1. The molecule has 0 aliphatic carbocycles. The standard InChI is InChI=1S/C14H20N2O/c1-9(2)15-8-11-7-12-10(3)5-6-13(17-4)14(12)16-11/h5-7,9,15-16H,8H2,1-4H3. The van der Waals surface area contributed by atoms with Gasteiger partial charge in [0, 0.05) is 23.7 Å². The molecular formula is C14H20N2O. The number of hydrogen-bond donors (Lipinski definition) is 2. The van der Waals surface area contributed by atoms with E-state index in [4.69, 9.17) is 4.74 Å². The van der Waals surface area contributed by atoms with Gasteiger partial charge in [-0.25, -0.2) is 0 Å². The summed E-state index contributed by atoms with van der Waals surface area (Å²) in [6.07, 6.45) is 0. The monoisotopic (exact) mass is 232 g/mol. The molecule has 2 aromatic rings. The SMILES string of the molecule is COc1ccc(C)c2cc(CNC(C)C)[nH]c12. The number of nitrogens with one attached hydrogen (secondary N) is 2. The molecule has 0 fully saturated rings. The van der Waals surface area contributed by atoms with Gasteiger partial charge in [0.2, 0.25) is 0 Å². The zero-order valence-electron chi connectivity index (χ0n) is 10.9. The number of hydrogen-bond acceptors (Lipinski definition) is 2. The fraction of sp³-hybridized carbons (Fsp3) is 0.429. The Hall–Kier alpha value is -1.48. The minimum atomic E-state index is 0.490. The number of methoxy groups -OCH3 is 1. The van der Waals surface area contributed by atoms with E-state index in [2.05, 4.69) is 43.2 Å². The Balaban J connectivity index is 2.38. The van der Waals surface area contributed by atoms with Gasteiger partial charge in [0.15, 0.2) is 0 Å². The van der Waals surface area contributed by atoms with E-state index in [1.165, 1.54) is 16.6 Å². The van der Waals surface area contributed by atoms with Gasteiger partial charge in [0.05, 0.1) is 12.6 Å². The third kappa shape index (κ3) is 2.44. The maximum Gasteiger partial charge on any atom is 0.142 e. The number of H-pyrrole nitrogens is 1. The Morgan fingerprint density at radius 3 is 2.76 bits per heavy atom. The maximum absolute atomic E-state index is 5.37. The van der Waals surface area contributed by atoms with Crippen LogP contribution in [0.1, 0.15) is 25.1 Å². The summed E-state index contributed by atoms with van der Waals surface area (Å²) in [4.78, 5) is 3.42. The van der Waals surface area contributed by atoms with Crippen molar-refractivity contribution in [2.45, 2.75) is 33.4 Å². The first-order valence-corrected chi connectivity index (χ1v) is 6.00. The van der Waals surface area contributed by atoms with E-state index in [1.807, 2.05) is 6.07 Å². The van der Waals surface area contributed by atoms with Crippen LogP contribution in [0, 0.1) is 6.92 Å². The highest BCUT2D eigenvalue weighted by Crippen LogP contribution is 2.28. The fourth-order valence-corrected chi connectivity index (χ4v) is 1.97. The number of aromatic nitrogens is 1. The zero-order valence-corrected chi connectivity index (χ0v) is 10.9. The van der Waals surface area contributed by atoms with E-state index in [0.717, 1.165) is 17.8 Å². The summed E-state index contributed by atoms with van der Waals surface area (Å²) in [5.74, 6) is 0.904. The number of aromatic amines is 1. The van der Waals surface area contributed by atoms with E-state index >= 15 is 0 Å². The summed E-state index contributed by atoms with van der Waals surface area (Å²) in [6, 6.07) is 6.79.